The number of benzene rings is 2. The Balaban J connectivity index is 0.643. The quantitative estimate of drug-likeness (QED) is 0.0270. The summed E-state index contributed by atoms with van der Waals surface area (Å²) in [6, 6.07) is 9.73. The van der Waals surface area contributed by atoms with Crippen molar-refractivity contribution < 1.29 is 90.4 Å². The Kier molecular flexibility index (Phi) is 34.4. The van der Waals surface area contributed by atoms with E-state index in [1.807, 2.05) is 32.3 Å². The van der Waals surface area contributed by atoms with Gasteiger partial charge in [-0.1, -0.05) is 0 Å². The molecule has 1 fully saturated rings. The van der Waals surface area contributed by atoms with Crippen molar-refractivity contribution in [2.24, 2.45) is 18.5 Å². The molecule has 0 bridgehead atoms. The predicted octanol–water partition coefficient (Wildman–Crippen LogP) is 2.13. The van der Waals surface area contributed by atoms with Gasteiger partial charge in [-0.05, 0) is 83.4 Å². The van der Waals surface area contributed by atoms with Crippen LogP contribution >= 0.6 is 0 Å². The first-order valence-electron chi connectivity index (χ1n) is 35.7. The van der Waals surface area contributed by atoms with E-state index in [0.29, 0.717) is 227 Å². The molecule has 576 valence electrons. The highest BCUT2D eigenvalue weighted by atomic mass is 16.6. The summed E-state index contributed by atoms with van der Waals surface area (Å²) < 4.78 is 75.4. The lowest BCUT2D eigenvalue weighted by molar-refractivity contribution is -0.141. The molecule has 0 unspecified atom stereocenters. The summed E-state index contributed by atoms with van der Waals surface area (Å²) in [4.78, 5) is 103. The zero-order chi connectivity index (χ0) is 74.7. The summed E-state index contributed by atoms with van der Waals surface area (Å²) >= 11 is 0. The average Bonchev–Trinajstić information content (AvgIpc) is 1.63. The second-order valence-corrected chi connectivity index (χ2v) is 24.4. The lowest BCUT2D eigenvalue weighted by atomic mass is 10.1. The van der Waals surface area contributed by atoms with E-state index in [0.717, 1.165) is 56.3 Å². The van der Waals surface area contributed by atoms with Crippen LogP contribution in [0.5, 0.6) is 11.5 Å². The number of carbonyl (C=O) groups excluding carboxylic acids is 7. The van der Waals surface area contributed by atoms with Crippen molar-refractivity contribution in [2.75, 3.05) is 208 Å². The summed E-state index contributed by atoms with van der Waals surface area (Å²) in [5.41, 5.74) is 16.0. The second kappa shape index (κ2) is 44.2. The van der Waals surface area contributed by atoms with Crippen molar-refractivity contribution in [3.63, 3.8) is 0 Å². The van der Waals surface area contributed by atoms with Crippen LogP contribution in [0.4, 0.5) is 11.9 Å². The van der Waals surface area contributed by atoms with Crippen molar-refractivity contribution in [3.8, 4) is 11.5 Å². The number of amides is 7. The van der Waals surface area contributed by atoms with Crippen molar-refractivity contribution in [1.29, 1.82) is 0 Å². The Morgan fingerprint density at radius 3 is 1.32 bits per heavy atom. The minimum Gasteiger partial charge on any atom is -0.491 e. The predicted molar refractivity (Wildman–Crippen MR) is 383 cm³/mol. The maximum absolute atomic E-state index is 14.0. The number of nitrogens with zero attached hydrogens (tertiary/aromatic N) is 11. The third kappa shape index (κ3) is 26.3. The number of primary amides is 2. The average molecular weight is 1470 g/mol. The molecule has 2 aromatic carbocycles. The van der Waals surface area contributed by atoms with E-state index in [9.17, 15) is 33.6 Å². The van der Waals surface area contributed by atoms with E-state index in [1.165, 1.54) is 0 Å². The molecule has 4 aromatic heterocycles. The number of carbonyl (C=O) groups is 7. The fourth-order valence-electron chi connectivity index (χ4n) is 11.3. The van der Waals surface area contributed by atoms with Crippen molar-refractivity contribution in [2.45, 2.75) is 66.6 Å². The van der Waals surface area contributed by atoms with Gasteiger partial charge >= 0.3 is 0 Å². The van der Waals surface area contributed by atoms with Crippen molar-refractivity contribution in [1.82, 2.24) is 58.7 Å². The van der Waals surface area contributed by atoms with Gasteiger partial charge in [-0.15, -0.1) is 0 Å². The number of anilines is 2. The third-order valence-electron chi connectivity index (χ3n) is 16.7. The first-order chi connectivity index (χ1) is 51.0. The summed E-state index contributed by atoms with van der Waals surface area (Å²) in [6.07, 6.45) is 3.97. The summed E-state index contributed by atoms with van der Waals surface area (Å²) in [5.74, 6) is -2.40. The highest BCUT2D eigenvalue weighted by Gasteiger charge is 2.27. The molecule has 6 heterocycles. The van der Waals surface area contributed by atoms with Gasteiger partial charge in [0.1, 0.15) is 40.5 Å². The molecule has 0 radical (unpaired) electrons. The molecule has 1 saturated heterocycles. The Hall–Kier alpha value is -8.85. The van der Waals surface area contributed by atoms with Crippen LogP contribution in [0, 0.1) is 13.8 Å². The minimum absolute atomic E-state index is 0.180. The van der Waals surface area contributed by atoms with Gasteiger partial charge < -0.3 is 87.7 Å². The molecular formula is C70H102N16O19. The summed E-state index contributed by atoms with van der Waals surface area (Å²) in [6.45, 7) is 23.0. The Bertz CT molecular complexity index is 3790. The van der Waals surface area contributed by atoms with Gasteiger partial charge in [0.15, 0.2) is 0 Å². The lowest BCUT2D eigenvalue weighted by Gasteiger charge is -2.34. The van der Waals surface area contributed by atoms with Crippen LogP contribution in [0.3, 0.4) is 0 Å². The number of ether oxygens (including phenoxy) is 12. The SMILES string of the molecule is CCn1nc(C)cc1C(=O)Nc1nc2cc(C(N)=O)cc(OCCCCn3c(NC(=O)c4cc(C)nn4CC)nc4cc(C(N)=O)cc(OCCCN5CCN(CCOCCOCCOCCOCCOCCOCCOCCOCCOCCOCCNC(=O)CN6C(=O)C=CC6=O)CC5)c43)c2n1C. The zero-order valence-electron chi connectivity index (χ0n) is 60.9. The van der Waals surface area contributed by atoms with E-state index in [1.54, 1.807) is 57.4 Å². The number of nitrogens with two attached hydrogens (primary N) is 2. The monoisotopic (exact) mass is 1470 g/mol. The third-order valence-corrected chi connectivity index (χ3v) is 16.7. The molecule has 105 heavy (non-hydrogen) atoms. The number of fused-ring (bicyclic) bond motifs is 2. The van der Waals surface area contributed by atoms with E-state index >= 15 is 0 Å². The molecule has 7 N–H and O–H groups in total. The number of piperazine rings is 1. The molecule has 7 amide bonds. The topological polar surface area (TPSA) is 399 Å². The first-order valence-corrected chi connectivity index (χ1v) is 35.7. The van der Waals surface area contributed by atoms with E-state index < -0.39 is 41.4 Å². The molecule has 0 atom stereocenters. The van der Waals surface area contributed by atoms with Gasteiger partial charge in [0.05, 0.1) is 168 Å². The number of hydrogen-bond donors (Lipinski definition) is 5. The number of imidazole rings is 2. The minimum atomic E-state index is -0.674. The number of nitrogens with one attached hydrogen (secondary N) is 3. The van der Waals surface area contributed by atoms with Crippen LogP contribution in [0.2, 0.25) is 0 Å². The second-order valence-electron chi connectivity index (χ2n) is 24.4. The summed E-state index contributed by atoms with van der Waals surface area (Å²) in [5, 5.41) is 17.3. The van der Waals surface area contributed by atoms with Gasteiger partial charge in [-0.2, -0.15) is 10.2 Å². The number of unbranched alkanes of at least 4 members (excludes halogenated alkanes) is 1. The largest absolute Gasteiger partial charge is 0.491 e. The highest BCUT2D eigenvalue weighted by molar-refractivity contribution is 6.14. The molecule has 0 saturated carbocycles. The Labute approximate surface area is 609 Å². The smallest absolute Gasteiger partial charge is 0.276 e. The van der Waals surface area contributed by atoms with Gasteiger partial charge in [-0.3, -0.25) is 63.4 Å². The van der Waals surface area contributed by atoms with Gasteiger partial charge in [0.25, 0.3) is 23.6 Å². The Morgan fingerprint density at radius 1 is 0.467 bits per heavy atom. The summed E-state index contributed by atoms with van der Waals surface area (Å²) in [7, 11) is 1.74. The molecule has 0 spiro atoms. The maximum Gasteiger partial charge on any atom is 0.276 e. The lowest BCUT2D eigenvalue weighted by Crippen LogP contribution is -2.47. The van der Waals surface area contributed by atoms with Crippen LogP contribution in [0.15, 0.2) is 48.6 Å². The fraction of sp³-hybridized carbons (Fsp3) is 0.586. The highest BCUT2D eigenvalue weighted by Crippen LogP contribution is 2.33. The van der Waals surface area contributed by atoms with Crippen molar-refractivity contribution in [3.05, 3.63) is 82.5 Å². The molecule has 35 nitrogen and oxygen atoms in total. The number of hydrogen-bond acceptors (Lipinski definition) is 25. The van der Waals surface area contributed by atoms with Crippen LogP contribution in [0.25, 0.3) is 22.1 Å². The van der Waals surface area contributed by atoms with Gasteiger partial charge in [0, 0.05) is 95.8 Å². The molecule has 2 aliphatic heterocycles. The normalized spacial score (nSPS) is 13.5. The fourth-order valence-corrected chi connectivity index (χ4v) is 11.3. The molecular weight excluding hydrogens is 1370 g/mol. The van der Waals surface area contributed by atoms with Crippen molar-refractivity contribution >= 4 is 75.3 Å². The van der Waals surface area contributed by atoms with E-state index in [4.69, 9.17) is 73.3 Å². The first kappa shape index (κ1) is 81.8. The number of aromatic nitrogens is 8. The molecule has 8 rings (SSSR count). The van der Waals surface area contributed by atoms with Crippen LogP contribution in [-0.2, 0) is 88.4 Å². The Morgan fingerprint density at radius 2 is 0.867 bits per heavy atom. The zero-order valence-corrected chi connectivity index (χ0v) is 60.9. The maximum atomic E-state index is 14.0. The van der Waals surface area contributed by atoms with E-state index in [-0.39, 0.29) is 49.3 Å². The number of imide groups is 1. The van der Waals surface area contributed by atoms with Crippen LogP contribution < -0.4 is 36.9 Å². The molecule has 6 aromatic rings. The number of aryl methyl sites for hydroxylation is 6. The molecule has 2 aliphatic rings. The van der Waals surface area contributed by atoms with E-state index in [2.05, 4.69) is 40.9 Å². The van der Waals surface area contributed by atoms with Gasteiger partial charge in [0.2, 0.25) is 29.6 Å². The van der Waals surface area contributed by atoms with Gasteiger partial charge in [-0.25, -0.2) is 9.97 Å². The standard InChI is InChI=1S/C70H102N16O19/c1-6-85-56(43-50(3)78-85)67(92)76-69-74-54-45-52(65(71)90)47-58(63(54)80(69)5)104-21-9-8-15-83-64-55(75-70(83)77-68(93)57-44-51(4)79-86(57)7-2)46-53(66(72)91)48-59(64)105-22-10-14-81-16-18-82(19-17-81)20-24-95-26-28-97-30-32-99-34-36-101-38-40-103-42-41-102-39-37-100-35-33-98-31-29-96-27-25-94-23-13-73-60(87)49-84-61(88)11-12-62(84)89/h11-12,43-48H,6-10,13-42,49H2,1-5H3,(H2,71,90)(H2,72,91)(H,73,87)(H,74,76,92)(H,75,77,93). The molecule has 0 aliphatic carbocycles. The van der Waals surface area contributed by atoms with Crippen LogP contribution in [0.1, 0.15) is 86.2 Å². The van der Waals surface area contributed by atoms with Crippen LogP contribution in [-0.4, -0.2) is 292 Å². The number of rotatable bonds is 54. The molecule has 35 heteroatoms.